The van der Waals surface area contributed by atoms with Crippen molar-refractivity contribution in [2.75, 3.05) is 26.7 Å². The molecule has 1 unspecified atom stereocenters. The summed E-state index contributed by atoms with van der Waals surface area (Å²) in [6.45, 7) is 2.52. The first-order chi connectivity index (χ1) is 10.1. The number of benzene rings is 1. The van der Waals surface area contributed by atoms with Crippen LogP contribution < -0.4 is 0 Å². The van der Waals surface area contributed by atoms with Gasteiger partial charge >= 0.3 is 5.97 Å². The van der Waals surface area contributed by atoms with Crippen molar-refractivity contribution in [3.63, 3.8) is 0 Å². The highest BCUT2D eigenvalue weighted by atomic mass is 35.5. The molecule has 0 aromatic heterocycles. The van der Waals surface area contributed by atoms with Crippen LogP contribution in [0.15, 0.2) is 24.3 Å². The predicted octanol–water partition coefficient (Wildman–Crippen LogP) is 2.62. The van der Waals surface area contributed by atoms with Crippen molar-refractivity contribution in [1.82, 2.24) is 9.80 Å². The maximum Gasteiger partial charge on any atom is 0.317 e. The molecule has 1 aliphatic rings. The highest BCUT2D eigenvalue weighted by Crippen LogP contribution is 2.18. The summed E-state index contributed by atoms with van der Waals surface area (Å²) in [5.74, 6) is -0.939. The lowest BCUT2D eigenvalue weighted by Gasteiger charge is -2.25. The van der Waals surface area contributed by atoms with Gasteiger partial charge in [0.05, 0.1) is 6.54 Å². The Hall–Kier alpha value is -1.17. The third-order valence-corrected chi connectivity index (χ3v) is 4.15. The Bertz CT molecular complexity index is 487. The Balaban J connectivity index is 0.00000242. The second kappa shape index (κ2) is 9.08. The van der Waals surface area contributed by atoms with Crippen molar-refractivity contribution in [3.05, 3.63) is 35.6 Å². The molecule has 1 fully saturated rings. The molecule has 2 rings (SSSR count). The SMILES string of the molecule is CN(CC(=O)O)C1CCCN(Cc2ccccc2F)CC1.Cl. The molecule has 1 saturated heterocycles. The summed E-state index contributed by atoms with van der Waals surface area (Å²) in [5, 5.41) is 8.87. The molecule has 0 aliphatic carbocycles. The molecule has 124 valence electrons. The minimum atomic E-state index is -0.787. The van der Waals surface area contributed by atoms with E-state index in [1.807, 2.05) is 24.1 Å². The lowest BCUT2D eigenvalue weighted by molar-refractivity contribution is -0.138. The number of rotatable bonds is 5. The Kier molecular flexibility index (Phi) is 7.79. The van der Waals surface area contributed by atoms with Gasteiger partial charge in [-0.25, -0.2) is 4.39 Å². The van der Waals surface area contributed by atoms with Crippen LogP contribution in [0.5, 0.6) is 0 Å². The number of carboxylic acid groups (broad SMARTS) is 1. The fourth-order valence-electron chi connectivity index (χ4n) is 2.95. The lowest BCUT2D eigenvalue weighted by Crippen LogP contribution is -2.36. The highest BCUT2D eigenvalue weighted by Gasteiger charge is 2.22. The van der Waals surface area contributed by atoms with E-state index in [-0.39, 0.29) is 24.8 Å². The summed E-state index contributed by atoms with van der Waals surface area (Å²) in [6, 6.07) is 7.19. The zero-order valence-corrected chi connectivity index (χ0v) is 13.7. The second-order valence-electron chi connectivity index (χ2n) is 5.76. The van der Waals surface area contributed by atoms with Crippen molar-refractivity contribution in [1.29, 1.82) is 0 Å². The summed E-state index contributed by atoms with van der Waals surface area (Å²) in [7, 11) is 1.87. The van der Waals surface area contributed by atoms with E-state index >= 15 is 0 Å². The molecule has 0 bridgehead atoms. The Labute approximate surface area is 137 Å². The Morgan fingerprint density at radius 2 is 2.09 bits per heavy atom. The van der Waals surface area contributed by atoms with Crippen LogP contribution in [0.4, 0.5) is 4.39 Å². The van der Waals surface area contributed by atoms with E-state index in [0.29, 0.717) is 12.6 Å². The number of carbonyl (C=O) groups is 1. The number of halogens is 2. The topological polar surface area (TPSA) is 43.8 Å². The molecule has 1 heterocycles. The van der Waals surface area contributed by atoms with Crippen LogP contribution in [0.2, 0.25) is 0 Å². The minimum Gasteiger partial charge on any atom is -0.480 e. The lowest BCUT2D eigenvalue weighted by atomic mass is 10.1. The molecule has 0 radical (unpaired) electrons. The molecule has 0 amide bonds. The molecule has 6 heteroatoms. The van der Waals surface area contributed by atoms with Gasteiger partial charge in [-0.1, -0.05) is 18.2 Å². The third-order valence-electron chi connectivity index (χ3n) is 4.15. The number of aliphatic carboxylic acids is 1. The van der Waals surface area contributed by atoms with Crippen LogP contribution in [0.25, 0.3) is 0 Å². The van der Waals surface area contributed by atoms with Gasteiger partial charge in [0.15, 0.2) is 0 Å². The summed E-state index contributed by atoms with van der Waals surface area (Å²) in [6.07, 6.45) is 2.94. The van der Waals surface area contributed by atoms with E-state index in [1.54, 1.807) is 6.07 Å². The van der Waals surface area contributed by atoms with Crippen molar-refractivity contribution >= 4 is 18.4 Å². The van der Waals surface area contributed by atoms with E-state index in [9.17, 15) is 9.18 Å². The van der Waals surface area contributed by atoms with Crippen LogP contribution in [-0.2, 0) is 11.3 Å². The van der Waals surface area contributed by atoms with Gasteiger partial charge in [-0.15, -0.1) is 12.4 Å². The first-order valence-electron chi connectivity index (χ1n) is 7.44. The van der Waals surface area contributed by atoms with Gasteiger partial charge in [0.1, 0.15) is 5.82 Å². The number of carboxylic acids is 1. The molecule has 1 aromatic rings. The average Bonchev–Trinajstić information content (AvgIpc) is 2.66. The van der Waals surface area contributed by atoms with Gasteiger partial charge in [0, 0.05) is 18.2 Å². The molecule has 4 nitrogen and oxygen atoms in total. The van der Waals surface area contributed by atoms with E-state index in [0.717, 1.165) is 37.9 Å². The Morgan fingerprint density at radius 1 is 1.36 bits per heavy atom. The normalized spacial score (nSPS) is 19.5. The molecule has 1 aliphatic heterocycles. The third kappa shape index (κ3) is 5.55. The van der Waals surface area contributed by atoms with Gasteiger partial charge in [0.25, 0.3) is 0 Å². The molecule has 1 atom stereocenters. The number of hydrogen-bond acceptors (Lipinski definition) is 3. The zero-order valence-electron chi connectivity index (χ0n) is 12.9. The number of likely N-dealkylation sites (tertiary alicyclic amines) is 1. The van der Waals surface area contributed by atoms with E-state index in [2.05, 4.69) is 4.90 Å². The standard InChI is InChI=1S/C16H23FN2O2.ClH/c1-18(12-16(20)21)14-6-4-9-19(10-8-14)11-13-5-2-3-7-15(13)17;/h2-3,5,7,14H,4,6,8-12H2,1H3,(H,20,21);1H. The van der Waals surface area contributed by atoms with Crippen molar-refractivity contribution in [3.8, 4) is 0 Å². The summed E-state index contributed by atoms with van der Waals surface area (Å²) >= 11 is 0. The number of hydrogen-bond donors (Lipinski definition) is 1. The predicted molar refractivity (Wildman–Crippen MR) is 86.8 cm³/mol. The monoisotopic (exact) mass is 330 g/mol. The van der Waals surface area contributed by atoms with Gasteiger partial charge in [-0.05, 0) is 45.5 Å². The van der Waals surface area contributed by atoms with Gasteiger partial charge < -0.3 is 5.11 Å². The summed E-state index contributed by atoms with van der Waals surface area (Å²) in [4.78, 5) is 15.0. The maximum absolute atomic E-state index is 13.7. The average molecular weight is 331 g/mol. The molecule has 1 aromatic carbocycles. The molecular weight excluding hydrogens is 307 g/mol. The fraction of sp³-hybridized carbons (Fsp3) is 0.562. The highest BCUT2D eigenvalue weighted by molar-refractivity contribution is 5.85. The number of likely N-dealkylation sites (N-methyl/N-ethyl adjacent to an activating group) is 1. The van der Waals surface area contributed by atoms with Gasteiger partial charge in [-0.3, -0.25) is 14.6 Å². The van der Waals surface area contributed by atoms with Crippen molar-refractivity contribution < 1.29 is 14.3 Å². The fourth-order valence-corrected chi connectivity index (χ4v) is 2.95. The maximum atomic E-state index is 13.7. The van der Waals surface area contributed by atoms with E-state index in [1.165, 1.54) is 6.07 Å². The first-order valence-corrected chi connectivity index (χ1v) is 7.44. The Morgan fingerprint density at radius 3 is 2.77 bits per heavy atom. The van der Waals surface area contributed by atoms with Crippen molar-refractivity contribution in [2.24, 2.45) is 0 Å². The van der Waals surface area contributed by atoms with E-state index in [4.69, 9.17) is 5.11 Å². The van der Waals surface area contributed by atoms with Gasteiger partial charge in [-0.2, -0.15) is 0 Å². The van der Waals surface area contributed by atoms with Gasteiger partial charge in [0.2, 0.25) is 0 Å². The molecule has 0 spiro atoms. The molecular formula is C16H24ClFN2O2. The second-order valence-corrected chi connectivity index (χ2v) is 5.76. The zero-order chi connectivity index (χ0) is 15.2. The molecule has 1 N–H and O–H groups in total. The van der Waals surface area contributed by atoms with E-state index < -0.39 is 5.97 Å². The quantitative estimate of drug-likeness (QED) is 0.901. The van der Waals surface area contributed by atoms with Crippen LogP contribution in [0.1, 0.15) is 24.8 Å². The van der Waals surface area contributed by atoms with Crippen molar-refractivity contribution in [2.45, 2.75) is 31.8 Å². The summed E-state index contributed by atoms with van der Waals surface area (Å²) in [5.41, 5.74) is 0.731. The smallest absolute Gasteiger partial charge is 0.317 e. The first kappa shape index (κ1) is 18.9. The van der Waals surface area contributed by atoms with Crippen LogP contribution in [0.3, 0.4) is 0 Å². The minimum absolute atomic E-state index is 0. The van der Waals surface area contributed by atoms with Crippen LogP contribution in [0, 0.1) is 5.82 Å². The largest absolute Gasteiger partial charge is 0.480 e. The summed E-state index contributed by atoms with van der Waals surface area (Å²) < 4.78 is 13.7. The number of nitrogens with zero attached hydrogens (tertiary/aromatic N) is 2. The van der Waals surface area contributed by atoms with Crippen LogP contribution >= 0.6 is 12.4 Å². The molecule has 0 saturated carbocycles. The molecule has 22 heavy (non-hydrogen) atoms. The van der Waals surface area contributed by atoms with Crippen LogP contribution in [-0.4, -0.2) is 53.6 Å².